The van der Waals surface area contributed by atoms with E-state index >= 15 is 0 Å². The van der Waals surface area contributed by atoms with E-state index in [1.165, 1.54) is 6.07 Å². The minimum absolute atomic E-state index is 0.0421. The van der Waals surface area contributed by atoms with Gasteiger partial charge in [-0.2, -0.15) is 13.2 Å². The molecule has 31 heavy (non-hydrogen) atoms. The van der Waals surface area contributed by atoms with Crippen LogP contribution in [-0.2, 0) is 17.4 Å². The van der Waals surface area contributed by atoms with Crippen molar-refractivity contribution < 1.29 is 22.5 Å². The average Bonchev–Trinajstić information content (AvgIpc) is 3.05. The number of alkyl halides is 3. The molecule has 4 aromatic rings. The van der Waals surface area contributed by atoms with Gasteiger partial charge in [0.25, 0.3) is 0 Å². The Labute approximate surface area is 175 Å². The van der Waals surface area contributed by atoms with E-state index in [0.29, 0.717) is 39.5 Å². The Balaban J connectivity index is 1.67. The fraction of sp³-hybridized carbons (Fsp3) is 0.174. The van der Waals surface area contributed by atoms with Gasteiger partial charge in [0.2, 0.25) is 5.91 Å². The molecular weight excluding hydrogens is 407 g/mol. The van der Waals surface area contributed by atoms with E-state index in [-0.39, 0.29) is 12.3 Å². The van der Waals surface area contributed by atoms with Crippen molar-refractivity contribution in [1.82, 2.24) is 10.1 Å². The summed E-state index contributed by atoms with van der Waals surface area (Å²) in [6.45, 7) is 3.43. The standard InChI is InChI=1S/C23H18F3N3O2/c1-13-21(14(2)31-29-13)28-20(30)12-17-7-3-5-15-9-10-19(27-22(15)17)16-6-4-8-18(11-16)23(24,25)26/h3-11H,12H2,1-2H3,(H,28,30). The SMILES string of the molecule is Cc1noc(C)c1NC(=O)Cc1cccc2ccc(-c3cccc(C(F)(F)F)c3)nc12. The molecule has 0 aliphatic rings. The summed E-state index contributed by atoms with van der Waals surface area (Å²) >= 11 is 0. The molecule has 0 aliphatic carbocycles. The highest BCUT2D eigenvalue weighted by molar-refractivity contribution is 5.96. The second-order valence-corrected chi connectivity index (χ2v) is 7.19. The van der Waals surface area contributed by atoms with E-state index in [1.54, 1.807) is 38.1 Å². The number of anilines is 1. The molecule has 4 rings (SSSR count). The Hall–Kier alpha value is -3.68. The molecule has 0 spiro atoms. The Morgan fingerprint density at radius 2 is 1.84 bits per heavy atom. The summed E-state index contributed by atoms with van der Waals surface area (Å²) in [6, 6.07) is 13.9. The summed E-state index contributed by atoms with van der Waals surface area (Å²) in [5, 5.41) is 7.40. The third kappa shape index (κ3) is 4.28. The van der Waals surface area contributed by atoms with Crippen LogP contribution in [0.2, 0.25) is 0 Å². The maximum atomic E-state index is 13.1. The highest BCUT2D eigenvalue weighted by Gasteiger charge is 2.30. The molecule has 0 radical (unpaired) electrons. The number of amides is 1. The lowest BCUT2D eigenvalue weighted by Crippen LogP contribution is -2.15. The molecule has 158 valence electrons. The number of rotatable bonds is 4. The Kier molecular flexibility index (Phi) is 5.22. The number of hydrogen-bond acceptors (Lipinski definition) is 4. The molecule has 8 heteroatoms. The summed E-state index contributed by atoms with van der Waals surface area (Å²) in [6.07, 6.45) is -4.39. The van der Waals surface area contributed by atoms with Crippen LogP contribution in [0.5, 0.6) is 0 Å². The van der Waals surface area contributed by atoms with Crippen molar-refractivity contribution in [2.75, 3.05) is 5.32 Å². The molecule has 1 amide bonds. The van der Waals surface area contributed by atoms with E-state index in [1.807, 2.05) is 12.1 Å². The number of benzene rings is 2. The number of carbonyl (C=O) groups excluding carboxylic acids is 1. The highest BCUT2D eigenvalue weighted by atomic mass is 19.4. The third-order valence-electron chi connectivity index (χ3n) is 4.94. The van der Waals surface area contributed by atoms with E-state index in [0.717, 1.165) is 17.5 Å². The van der Waals surface area contributed by atoms with E-state index in [2.05, 4.69) is 15.5 Å². The molecule has 2 heterocycles. The Bertz CT molecular complexity index is 1260. The second-order valence-electron chi connectivity index (χ2n) is 7.19. The average molecular weight is 425 g/mol. The lowest BCUT2D eigenvalue weighted by molar-refractivity contribution is -0.137. The number of halogens is 3. The summed E-state index contributed by atoms with van der Waals surface area (Å²) in [5.74, 6) is 0.238. The summed E-state index contributed by atoms with van der Waals surface area (Å²) < 4.78 is 44.3. The number of aryl methyl sites for hydroxylation is 2. The quantitative estimate of drug-likeness (QED) is 0.455. The lowest BCUT2D eigenvalue weighted by atomic mass is 10.0. The smallest absolute Gasteiger partial charge is 0.359 e. The first-order valence-corrected chi connectivity index (χ1v) is 9.51. The first-order valence-electron chi connectivity index (χ1n) is 9.51. The zero-order valence-corrected chi connectivity index (χ0v) is 16.7. The van der Waals surface area contributed by atoms with Gasteiger partial charge in [-0.1, -0.05) is 41.6 Å². The monoisotopic (exact) mass is 425 g/mol. The number of pyridine rings is 1. The molecular formula is C23H18F3N3O2. The fourth-order valence-electron chi connectivity index (χ4n) is 3.38. The number of aromatic nitrogens is 2. The second kappa shape index (κ2) is 7.86. The van der Waals surface area contributed by atoms with Crippen molar-refractivity contribution in [2.24, 2.45) is 0 Å². The fourth-order valence-corrected chi connectivity index (χ4v) is 3.38. The first kappa shape index (κ1) is 20.6. The first-order chi connectivity index (χ1) is 14.7. The van der Waals surface area contributed by atoms with Gasteiger partial charge in [-0.15, -0.1) is 0 Å². The largest absolute Gasteiger partial charge is 0.416 e. The molecule has 0 fully saturated rings. The summed E-state index contributed by atoms with van der Waals surface area (Å²) in [5.41, 5.74) is 2.35. The predicted molar refractivity (Wildman–Crippen MR) is 110 cm³/mol. The minimum Gasteiger partial charge on any atom is -0.359 e. The van der Waals surface area contributed by atoms with Crippen LogP contribution in [0.1, 0.15) is 22.6 Å². The zero-order chi connectivity index (χ0) is 22.2. The van der Waals surface area contributed by atoms with Crippen LogP contribution in [0, 0.1) is 13.8 Å². The Morgan fingerprint density at radius 3 is 2.55 bits per heavy atom. The number of carbonyl (C=O) groups is 1. The maximum absolute atomic E-state index is 13.1. The van der Waals surface area contributed by atoms with Crippen molar-refractivity contribution in [1.29, 1.82) is 0 Å². The molecule has 0 unspecified atom stereocenters. The van der Waals surface area contributed by atoms with Crippen molar-refractivity contribution in [3.8, 4) is 11.3 Å². The van der Waals surface area contributed by atoms with Crippen LogP contribution in [-0.4, -0.2) is 16.0 Å². The third-order valence-corrected chi connectivity index (χ3v) is 4.94. The summed E-state index contributed by atoms with van der Waals surface area (Å²) in [7, 11) is 0. The van der Waals surface area contributed by atoms with Crippen LogP contribution in [0.25, 0.3) is 22.2 Å². The van der Waals surface area contributed by atoms with Crippen molar-refractivity contribution in [3.63, 3.8) is 0 Å². The summed E-state index contributed by atoms with van der Waals surface area (Å²) in [4.78, 5) is 17.2. The van der Waals surface area contributed by atoms with Gasteiger partial charge >= 0.3 is 6.18 Å². The van der Waals surface area contributed by atoms with Crippen LogP contribution in [0.3, 0.4) is 0 Å². The molecule has 5 nitrogen and oxygen atoms in total. The van der Waals surface area contributed by atoms with Gasteiger partial charge in [-0.05, 0) is 37.6 Å². The lowest BCUT2D eigenvalue weighted by Gasteiger charge is -2.11. The van der Waals surface area contributed by atoms with Gasteiger partial charge in [-0.3, -0.25) is 4.79 Å². The highest BCUT2D eigenvalue weighted by Crippen LogP contribution is 2.32. The van der Waals surface area contributed by atoms with Crippen LogP contribution in [0.15, 0.2) is 59.1 Å². The van der Waals surface area contributed by atoms with Crippen molar-refractivity contribution in [3.05, 3.63) is 77.2 Å². The molecule has 0 saturated carbocycles. The van der Waals surface area contributed by atoms with Crippen LogP contribution < -0.4 is 5.32 Å². The minimum atomic E-state index is -4.44. The number of hydrogen-bond donors (Lipinski definition) is 1. The topological polar surface area (TPSA) is 68.0 Å². The van der Waals surface area contributed by atoms with Gasteiger partial charge in [0.1, 0.15) is 11.4 Å². The molecule has 0 saturated heterocycles. The van der Waals surface area contributed by atoms with E-state index in [4.69, 9.17) is 4.52 Å². The van der Waals surface area contributed by atoms with Gasteiger partial charge in [0, 0.05) is 10.9 Å². The van der Waals surface area contributed by atoms with E-state index < -0.39 is 11.7 Å². The molecule has 0 bridgehead atoms. The van der Waals surface area contributed by atoms with Gasteiger partial charge in [-0.25, -0.2) is 4.98 Å². The molecule has 0 aliphatic heterocycles. The molecule has 2 aromatic carbocycles. The Morgan fingerprint density at radius 1 is 1.06 bits per heavy atom. The maximum Gasteiger partial charge on any atom is 0.416 e. The molecule has 2 aromatic heterocycles. The van der Waals surface area contributed by atoms with E-state index in [9.17, 15) is 18.0 Å². The molecule has 1 N–H and O–H groups in total. The number of fused-ring (bicyclic) bond motifs is 1. The van der Waals surface area contributed by atoms with Crippen LogP contribution in [0.4, 0.5) is 18.9 Å². The van der Waals surface area contributed by atoms with Crippen molar-refractivity contribution >= 4 is 22.5 Å². The van der Waals surface area contributed by atoms with Gasteiger partial charge < -0.3 is 9.84 Å². The zero-order valence-electron chi connectivity index (χ0n) is 16.7. The van der Waals surface area contributed by atoms with Crippen LogP contribution >= 0.6 is 0 Å². The van der Waals surface area contributed by atoms with Gasteiger partial charge in [0.15, 0.2) is 5.76 Å². The molecule has 0 atom stereocenters. The number of nitrogens with one attached hydrogen (secondary N) is 1. The van der Waals surface area contributed by atoms with Gasteiger partial charge in [0.05, 0.1) is 23.2 Å². The van der Waals surface area contributed by atoms with Crippen molar-refractivity contribution in [2.45, 2.75) is 26.4 Å². The number of para-hydroxylation sites is 1. The number of nitrogens with zero attached hydrogens (tertiary/aromatic N) is 2. The predicted octanol–water partition coefficient (Wildman–Crippen LogP) is 5.71. The normalized spacial score (nSPS) is 11.6.